The lowest BCUT2D eigenvalue weighted by Crippen LogP contribution is -2.13. The zero-order valence-electron chi connectivity index (χ0n) is 14.3. The third-order valence-corrected chi connectivity index (χ3v) is 4.93. The molecule has 27 heavy (non-hydrogen) atoms. The van der Waals surface area contributed by atoms with Crippen LogP contribution in [0.4, 0.5) is 5.69 Å². The number of hydrogen-bond donors (Lipinski definition) is 1. The highest BCUT2D eigenvalue weighted by Gasteiger charge is 2.25. The number of benzene rings is 3. The molecular formula is C21H14Cl2N2O2. The zero-order valence-corrected chi connectivity index (χ0v) is 15.8. The van der Waals surface area contributed by atoms with Gasteiger partial charge in [0, 0.05) is 11.3 Å². The quantitative estimate of drug-likeness (QED) is 0.438. The predicted molar refractivity (Wildman–Crippen MR) is 109 cm³/mol. The molecule has 0 aliphatic rings. The van der Waals surface area contributed by atoms with Crippen molar-refractivity contribution in [1.82, 2.24) is 5.16 Å². The van der Waals surface area contributed by atoms with Crippen LogP contribution in [-0.4, -0.2) is 11.1 Å². The average Bonchev–Trinajstić information content (AvgIpc) is 3.03. The molecule has 0 spiro atoms. The highest BCUT2D eigenvalue weighted by molar-refractivity contribution is 6.39. The minimum absolute atomic E-state index is 0.304. The normalized spacial score (nSPS) is 10.9. The minimum Gasteiger partial charge on any atom is -0.360 e. The molecule has 0 radical (unpaired) electrons. The Kier molecular flexibility index (Phi) is 4.60. The maximum Gasteiger partial charge on any atom is 0.261 e. The van der Waals surface area contributed by atoms with Gasteiger partial charge >= 0.3 is 0 Å². The average molecular weight is 397 g/mol. The van der Waals surface area contributed by atoms with Gasteiger partial charge in [-0.1, -0.05) is 64.8 Å². The van der Waals surface area contributed by atoms with Crippen LogP contribution >= 0.6 is 23.2 Å². The monoisotopic (exact) mass is 396 g/mol. The van der Waals surface area contributed by atoms with Crippen molar-refractivity contribution >= 4 is 45.6 Å². The Morgan fingerprint density at radius 3 is 2.41 bits per heavy atom. The summed E-state index contributed by atoms with van der Waals surface area (Å²) in [5.41, 5.74) is 1.77. The molecule has 0 fully saturated rings. The molecule has 4 nitrogen and oxygen atoms in total. The van der Waals surface area contributed by atoms with Crippen LogP contribution in [0.3, 0.4) is 0 Å². The summed E-state index contributed by atoms with van der Waals surface area (Å²) in [4.78, 5) is 13.0. The molecule has 0 aliphatic carbocycles. The first-order valence-electron chi connectivity index (χ1n) is 8.25. The molecule has 134 valence electrons. The summed E-state index contributed by atoms with van der Waals surface area (Å²) in [6.45, 7) is 1.68. The van der Waals surface area contributed by atoms with Crippen LogP contribution in [0.25, 0.3) is 22.0 Å². The SMILES string of the molecule is Cc1onc(-c2c(Cl)cccc2Cl)c1C(=O)Nc1ccc2ccccc2c1. The van der Waals surface area contributed by atoms with E-state index in [1.54, 1.807) is 25.1 Å². The molecule has 3 aromatic carbocycles. The summed E-state index contributed by atoms with van der Waals surface area (Å²) >= 11 is 12.6. The fourth-order valence-electron chi connectivity index (χ4n) is 2.99. The summed E-state index contributed by atoms with van der Waals surface area (Å²) in [7, 11) is 0. The van der Waals surface area contributed by atoms with Crippen LogP contribution in [-0.2, 0) is 0 Å². The lowest BCUT2D eigenvalue weighted by atomic mass is 10.0. The molecule has 0 saturated carbocycles. The van der Waals surface area contributed by atoms with Crippen molar-refractivity contribution in [3.8, 4) is 11.3 Å². The van der Waals surface area contributed by atoms with Gasteiger partial charge in [-0.05, 0) is 42.0 Å². The van der Waals surface area contributed by atoms with Gasteiger partial charge in [-0.3, -0.25) is 4.79 Å². The highest BCUT2D eigenvalue weighted by Crippen LogP contribution is 2.37. The number of aryl methyl sites for hydroxylation is 1. The van der Waals surface area contributed by atoms with Crippen LogP contribution in [0.5, 0.6) is 0 Å². The number of hydrogen-bond acceptors (Lipinski definition) is 3. The van der Waals surface area contributed by atoms with E-state index in [1.807, 2.05) is 42.5 Å². The number of rotatable bonds is 3. The van der Waals surface area contributed by atoms with Gasteiger partial charge < -0.3 is 9.84 Å². The van der Waals surface area contributed by atoms with E-state index in [-0.39, 0.29) is 5.91 Å². The summed E-state index contributed by atoms with van der Waals surface area (Å²) < 4.78 is 5.26. The molecule has 0 atom stereocenters. The van der Waals surface area contributed by atoms with Gasteiger partial charge in [-0.25, -0.2) is 0 Å². The topological polar surface area (TPSA) is 55.1 Å². The molecule has 0 saturated heterocycles. The number of amides is 1. The van der Waals surface area contributed by atoms with E-state index in [1.165, 1.54) is 0 Å². The van der Waals surface area contributed by atoms with Gasteiger partial charge in [0.05, 0.1) is 10.0 Å². The molecule has 0 aliphatic heterocycles. The number of carbonyl (C=O) groups excluding carboxylic acids is 1. The Labute approximate surface area is 165 Å². The van der Waals surface area contributed by atoms with Crippen LogP contribution in [0.1, 0.15) is 16.1 Å². The zero-order chi connectivity index (χ0) is 19.0. The van der Waals surface area contributed by atoms with Crippen LogP contribution in [0, 0.1) is 6.92 Å². The molecule has 1 amide bonds. The summed E-state index contributed by atoms with van der Waals surface area (Å²) in [6.07, 6.45) is 0. The van der Waals surface area contributed by atoms with Crippen molar-refractivity contribution in [2.24, 2.45) is 0 Å². The molecule has 1 N–H and O–H groups in total. The smallest absolute Gasteiger partial charge is 0.261 e. The fraction of sp³-hybridized carbons (Fsp3) is 0.0476. The van der Waals surface area contributed by atoms with E-state index >= 15 is 0 Å². The van der Waals surface area contributed by atoms with Gasteiger partial charge in [-0.2, -0.15) is 0 Å². The maximum absolute atomic E-state index is 13.0. The van der Waals surface area contributed by atoms with E-state index < -0.39 is 0 Å². The summed E-state index contributed by atoms with van der Waals surface area (Å²) in [6, 6.07) is 18.8. The van der Waals surface area contributed by atoms with Gasteiger partial charge in [0.25, 0.3) is 5.91 Å². The van der Waals surface area contributed by atoms with E-state index in [9.17, 15) is 4.79 Å². The predicted octanol–water partition coefficient (Wildman–Crippen LogP) is 6.36. The first-order valence-corrected chi connectivity index (χ1v) is 9.01. The Morgan fingerprint density at radius 1 is 0.963 bits per heavy atom. The molecule has 0 unspecified atom stereocenters. The fourth-order valence-corrected chi connectivity index (χ4v) is 3.57. The number of carbonyl (C=O) groups is 1. The van der Waals surface area contributed by atoms with E-state index in [4.69, 9.17) is 27.7 Å². The van der Waals surface area contributed by atoms with E-state index in [2.05, 4.69) is 10.5 Å². The van der Waals surface area contributed by atoms with Gasteiger partial charge in [0.2, 0.25) is 0 Å². The summed E-state index contributed by atoms with van der Waals surface area (Å²) in [5.74, 6) is 0.0503. The number of aromatic nitrogens is 1. The van der Waals surface area contributed by atoms with Crippen molar-refractivity contribution in [2.75, 3.05) is 5.32 Å². The highest BCUT2D eigenvalue weighted by atomic mass is 35.5. The standard InChI is InChI=1S/C21H14Cl2N2O2/c1-12-18(20(25-27-12)19-16(22)7-4-8-17(19)23)21(26)24-15-10-9-13-5-2-3-6-14(13)11-15/h2-11H,1H3,(H,24,26). The molecule has 1 heterocycles. The van der Waals surface area contributed by atoms with E-state index in [0.29, 0.717) is 38.3 Å². The van der Waals surface area contributed by atoms with Gasteiger partial charge in [-0.15, -0.1) is 0 Å². The molecule has 1 aromatic heterocycles. The van der Waals surface area contributed by atoms with Crippen molar-refractivity contribution in [2.45, 2.75) is 6.92 Å². The van der Waals surface area contributed by atoms with Crippen molar-refractivity contribution in [3.05, 3.63) is 82.0 Å². The molecule has 4 rings (SSSR count). The van der Waals surface area contributed by atoms with Crippen LogP contribution < -0.4 is 5.32 Å². The first-order chi connectivity index (χ1) is 13.0. The number of nitrogens with one attached hydrogen (secondary N) is 1. The van der Waals surface area contributed by atoms with Crippen LogP contribution in [0.2, 0.25) is 10.0 Å². The van der Waals surface area contributed by atoms with Gasteiger partial charge in [0.15, 0.2) is 0 Å². The molecular weight excluding hydrogens is 383 g/mol. The second-order valence-corrected chi connectivity index (χ2v) is 6.89. The second-order valence-electron chi connectivity index (χ2n) is 6.08. The molecule has 0 bridgehead atoms. The lowest BCUT2D eigenvalue weighted by molar-refractivity contribution is 0.102. The van der Waals surface area contributed by atoms with Crippen LogP contribution in [0.15, 0.2) is 65.2 Å². The minimum atomic E-state index is -0.338. The van der Waals surface area contributed by atoms with E-state index in [0.717, 1.165) is 10.8 Å². The third kappa shape index (κ3) is 3.29. The Hall–Kier alpha value is -2.82. The number of anilines is 1. The molecule has 4 aromatic rings. The van der Waals surface area contributed by atoms with Crippen molar-refractivity contribution in [3.63, 3.8) is 0 Å². The second kappa shape index (κ2) is 7.06. The molecule has 6 heteroatoms. The Morgan fingerprint density at radius 2 is 1.67 bits per heavy atom. The lowest BCUT2D eigenvalue weighted by Gasteiger charge is -2.09. The number of nitrogens with zero attached hydrogens (tertiary/aromatic N) is 1. The van der Waals surface area contributed by atoms with Gasteiger partial charge in [0.1, 0.15) is 17.0 Å². The largest absolute Gasteiger partial charge is 0.360 e. The Balaban J connectivity index is 1.73. The maximum atomic E-state index is 13.0. The van der Waals surface area contributed by atoms with Crippen molar-refractivity contribution < 1.29 is 9.32 Å². The third-order valence-electron chi connectivity index (χ3n) is 4.30. The Bertz CT molecular complexity index is 1150. The number of halogens is 2. The van der Waals surface area contributed by atoms with Crippen molar-refractivity contribution in [1.29, 1.82) is 0 Å². The number of fused-ring (bicyclic) bond motifs is 1. The summed E-state index contributed by atoms with van der Waals surface area (Å²) in [5, 5.41) is 9.85. The first kappa shape index (κ1) is 17.6.